The number of hydrogen-bond donors (Lipinski definition) is 8. The number of azo groups is 1. The van der Waals surface area contributed by atoms with Crippen LogP contribution in [-0.2, 0) is 9.47 Å². The fraction of sp³-hybridized carbons (Fsp3) is 0.500. The molecule has 0 spiro atoms. The zero-order valence-corrected chi connectivity index (χ0v) is 42.6. The number of anilines is 2. The van der Waals surface area contributed by atoms with Crippen molar-refractivity contribution in [1.29, 1.82) is 0 Å². The van der Waals surface area contributed by atoms with Gasteiger partial charge in [-0.1, -0.05) is 48.1 Å². The Hall–Kier alpha value is -7.45. The van der Waals surface area contributed by atoms with Gasteiger partial charge in [0, 0.05) is 49.3 Å². The van der Waals surface area contributed by atoms with Crippen LogP contribution in [0.25, 0.3) is 0 Å². The fourth-order valence-electron chi connectivity index (χ4n) is 7.86. The van der Waals surface area contributed by atoms with Crippen LogP contribution in [0.2, 0.25) is 0 Å². The number of alkyl carbamates (subject to hydrolysis) is 2. The molecule has 2 heterocycles. The van der Waals surface area contributed by atoms with E-state index in [2.05, 4.69) is 111 Å². The number of aromatic amines is 1. The van der Waals surface area contributed by atoms with E-state index in [-0.39, 0.29) is 47.9 Å². The third-order valence-corrected chi connectivity index (χ3v) is 11.1. The third kappa shape index (κ3) is 22.2. The SMILES string of the molecule is C=C1C=C(C)NC(NC(=O)NCCC(C)CC(C)(C)CNC(=O)OCCN(CCOC(=O)NCC(C)(C)CC(C)CCNC(=O)Nc2nc(=O)cc(C)[nH]2)c2ccc(/N=N/c3ccc(OC)cc3)cc2)=N1. The molecule has 4 rings (SSSR count). The molecule has 71 heavy (non-hydrogen) atoms. The summed E-state index contributed by atoms with van der Waals surface area (Å²) in [5.41, 5.74) is 3.10. The van der Waals surface area contributed by atoms with Crippen molar-refractivity contribution in [1.82, 2.24) is 41.9 Å². The summed E-state index contributed by atoms with van der Waals surface area (Å²) in [7, 11) is 1.60. The average Bonchev–Trinajstić information content (AvgIpc) is 3.28. The number of nitrogens with one attached hydrogen (secondary N) is 8. The largest absolute Gasteiger partial charge is 0.497 e. The molecule has 2 unspecified atom stereocenters. The Kier molecular flexibility index (Phi) is 21.9. The summed E-state index contributed by atoms with van der Waals surface area (Å²) >= 11 is 0. The van der Waals surface area contributed by atoms with Crippen LogP contribution in [0.3, 0.4) is 0 Å². The highest BCUT2D eigenvalue weighted by Crippen LogP contribution is 2.28. The highest BCUT2D eigenvalue weighted by Gasteiger charge is 2.24. The van der Waals surface area contributed by atoms with Gasteiger partial charge in [-0.3, -0.25) is 15.4 Å². The molecule has 8 N–H and O–H groups in total. The summed E-state index contributed by atoms with van der Waals surface area (Å²) in [5, 5.41) is 28.3. The second-order valence-corrected chi connectivity index (χ2v) is 19.3. The van der Waals surface area contributed by atoms with Crippen LogP contribution < -0.4 is 52.4 Å². The van der Waals surface area contributed by atoms with E-state index in [0.717, 1.165) is 36.4 Å². The zero-order chi connectivity index (χ0) is 52.0. The van der Waals surface area contributed by atoms with Crippen LogP contribution in [0.15, 0.2) is 98.7 Å². The minimum absolute atomic E-state index is 0.0556. The number of aryl methyl sites for hydroxylation is 1. The zero-order valence-electron chi connectivity index (χ0n) is 42.6. The minimum atomic E-state index is -0.558. The Bertz CT molecular complexity index is 2400. The number of benzene rings is 2. The molecule has 21 nitrogen and oxygen atoms in total. The van der Waals surface area contributed by atoms with Gasteiger partial charge in [-0.2, -0.15) is 15.2 Å². The molecule has 0 saturated heterocycles. The summed E-state index contributed by atoms with van der Waals surface area (Å²) in [6.07, 6.45) is 3.66. The number of aromatic nitrogens is 2. The predicted molar refractivity (Wildman–Crippen MR) is 276 cm³/mol. The number of aliphatic imine (C=N–C) groups is 1. The fourth-order valence-corrected chi connectivity index (χ4v) is 7.86. The minimum Gasteiger partial charge on any atom is -0.497 e. The molecule has 0 fully saturated rings. The summed E-state index contributed by atoms with van der Waals surface area (Å²) in [5.74, 6) is 1.59. The van der Waals surface area contributed by atoms with Gasteiger partial charge in [0.1, 0.15) is 19.0 Å². The van der Waals surface area contributed by atoms with Crippen LogP contribution in [-0.4, -0.2) is 99.8 Å². The van der Waals surface area contributed by atoms with Gasteiger partial charge in [-0.15, -0.1) is 0 Å². The lowest BCUT2D eigenvalue weighted by Gasteiger charge is -2.29. The normalized spacial score (nSPS) is 13.4. The van der Waals surface area contributed by atoms with E-state index in [1.807, 2.05) is 60.4 Å². The molecule has 1 aliphatic heterocycles. The molecule has 0 bridgehead atoms. The number of amides is 6. The summed E-state index contributed by atoms with van der Waals surface area (Å²) in [6.45, 7) is 22.2. The highest BCUT2D eigenvalue weighted by atomic mass is 16.6. The number of methoxy groups -OCH3 is 1. The van der Waals surface area contributed by atoms with Gasteiger partial charge in [0.15, 0.2) is 0 Å². The number of hydrogen-bond acceptors (Lipinski definition) is 14. The molecule has 0 radical (unpaired) electrons. The maximum atomic E-state index is 12.9. The quantitative estimate of drug-likeness (QED) is 0.0376. The smallest absolute Gasteiger partial charge is 0.407 e. The van der Waals surface area contributed by atoms with Gasteiger partial charge in [-0.25, -0.2) is 24.2 Å². The van der Waals surface area contributed by atoms with E-state index in [1.165, 1.54) is 6.07 Å². The number of urea groups is 2. The van der Waals surface area contributed by atoms with Crippen LogP contribution >= 0.6 is 0 Å². The van der Waals surface area contributed by atoms with Gasteiger partial charge in [-0.05, 0) is 117 Å². The lowest BCUT2D eigenvalue weighted by Crippen LogP contribution is -2.46. The summed E-state index contributed by atoms with van der Waals surface area (Å²) in [6, 6.07) is 15.1. The van der Waals surface area contributed by atoms with Crippen molar-refractivity contribution in [2.45, 2.75) is 81.1 Å². The predicted octanol–water partition coefficient (Wildman–Crippen LogP) is 8.14. The van der Waals surface area contributed by atoms with E-state index < -0.39 is 23.8 Å². The average molecular weight is 984 g/mol. The molecule has 1 aromatic heterocycles. The van der Waals surface area contributed by atoms with Gasteiger partial charge in [0.25, 0.3) is 5.56 Å². The standard InChI is InChI=1S/C50H73N13O8/c1-33(19-21-51-45(65)59-43-55-35(3)27-36(4)56-43)29-49(6,7)31-53-47(67)70-25-23-63(40-15-11-38(12-16-40)61-62-39-13-17-41(69-10)18-14-39)24-26-71-48(68)54-32-50(8,9)30-34(2)20-22-52-46(66)60-44-57-37(5)28-42(64)58-44/h11-18,27-28,33-34H,3,19-26,29-32H2,1-2,4-10H3,(H,53,67)(H,54,68)(H3,51,55,56,59,65)(H3,52,57,58,60,64,66)/b62-61+. The molecule has 0 aliphatic carbocycles. The molecule has 3 aromatic rings. The van der Waals surface area contributed by atoms with Gasteiger partial charge >= 0.3 is 24.2 Å². The Balaban J connectivity index is 1.22. The van der Waals surface area contributed by atoms with Crippen molar-refractivity contribution in [2.24, 2.45) is 37.9 Å². The monoisotopic (exact) mass is 984 g/mol. The number of carbonyl (C=O) groups excluding carboxylic acids is 4. The summed E-state index contributed by atoms with van der Waals surface area (Å²) < 4.78 is 16.5. The van der Waals surface area contributed by atoms with Crippen LogP contribution in [0.5, 0.6) is 5.75 Å². The first-order chi connectivity index (χ1) is 33.6. The van der Waals surface area contributed by atoms with Crippen molar-refractivity contribution in [2.75, 3.05) is 69.8 Å². The number of ether oxygens (including phenoxy) is 3. The van der Waals surface area contributed by atoms with Crippen LogP contribution in [0.1, 0.15) is 79.8 Å². The van der Waals surface area contributed by atoms with E-state index >= 15 is 0 Å². The first-order valence-corrected chi connectivity index (χ1v) is 23.8. The molecule has 1 aliphatic rings. The number of carbonyl (C=O) groups is 4. The van der Waals surface area contributed by atoms with E-state index in [0.29, 0.717) is 74.4 Å². The number of nitrogens with zero attached hydrogens (tertiary/aromatic N) is 5. The van der Waals surface area contributed by atoms with Crippen molar-refractivity contribution in [3.05, 3.63) is 94.7 Å². The Morgan fingerprint density at radius 3 is 1.76 bits per heavy atom. The first-order valence-electron chi connectivity index (χ1n) is 23.8. The maximum absolute atomic E-state index is 12.9. The summed E-state index contributed by atoms with van der Waals surface area (Å²) in [4.78, 5) is 74.9. The lowest BCUT2D eigenvalue weighted by molar-refractivity contribution is 0.136. The Morgan fingerprint density at radius 1 is 0.761 bits per heavy atom. The van der Waals surface area contributed by atoms with Crippen molar-refractivity contribution < 1.29 is 33.4 Å². The second kappa shape index (κ2) is 27.7. The van der Waals surface area contributed by atoms with Gasteiger partial charge < -0.3 is 50.7 Å². The molecule has 2 aromatic carbocycles. The lowest BCUT2D eigenvalue weighted by atomic mass is 9.82. The van der Waals surface area contributed by atoms with Crippen molar-refractivity contribution in [3.8, 4) is 5.75 Å². The van der Waals surface area contributed by atoms with Crippen LogP contribution in [0.4, 0.5) is 42.2 Å². The number of H-pyrrole nitrogens is 1. The number of rotatable bonds is 25. The molecule has 2 atom stereocenters. The molecule has 0 saturated carbocycles. The van der Waals surface area contributed by atoms with E-state index in [9.17, 15) is 24.0 Å². The van der Waals surface area contributed by atoms with Gasteiger partial charge in [0.2, 0.25) is 11.9 Å². The number of guanidine groups is 1. The molecular weight excluding hydrogens is 911 g/mol. The Morgan fingerprint density at radius 2 is 1.27 bits per heavy atom. The van der Waals surface area contributed by atoms with Crippen molar-refractivity contribution >= 4 is 53.2 Å². The maximum Gasteiger partial charge on any atom is 0.407 e. The molecule has 386 valence electrons. The highest BCUT2D eigenvalue weighted by molar-refractivity contribution is 5.98. The second-order valence-electron chi connectivity index (χ2n) is 19.3. The van der Waals surface area contributed by atoms with E-state index in [4.69, 9.17) is 14.2 Å². The third-order valence-electron chi connectivity index (χ3n) is 11.1. The topological polar surface area (TPSA) is 266 Å². The van der Waals surface area contributed by atoms with Crippen LogP contribution in [0, 0.1) is 29.6 Å². The molecule has 6 amide bonds. The molecular formula is C50H73N13O8. The Labute approximate surface area is 416 Å². The first kappa shape index (κ1) is 56.1. The van der Waals surface area contributed by atoms with Gasteiger partial charge in [0.05, 0.1) is 37.3 Å². The number of allylic oxidation sites excluding steroid dienone is 2. The molecule has 21 heteroatoms. The van der Waals surface area contributed by atoms with Crippen molar-refractivity contribution in [3.63, 3.8) is 0 Å². The van der Waals surface area contributed by atoms with E-state index in [1.54, 1.807) is 20.1 Å².